The highest BCUT2D eigenvalue weighted by atomic mass is 15.2. The lowest BCUT2D eigenvalue weighted by atomic mass is 9.87. The van der Waals surface area contributed by atoms with Gasteiger partial charge in [-0.15, -0.1) is 0 Å². The number of rotatable bonds is 1. The van der Waals surface area contributed by atoms with E-state index in [-0.39, 0.29) is 5.41 Å². The molecule has 0 aliphatic carbocycles. The second-order valence-corrected chi connectivity index (χ2v) is 6.80. The summed E-state index contributed by atoms with van der Waals surface area (Å²) in [5.74, 6) is 0.691. The minimum atomic E-state index is 0.226. The van der Waals surface area contributed by atoms with Crippen LogP contribution in [0.4, 0.5) is 5.69 Å². The summed E-state index contributed by atoms with van der Waals surface area (Å²) in [6.45, 7) is 11.2. The summed E-state index contributed by atoms with van der Waals surface area (Å²) in [5.41, 5.74) is 9.04. The predicted octanol–water partition coefficient (Wildman–Crippen LogP) is 3.16. The Morgan fingerprint density at radius 2 is 1.72 bits per heavy atom. The van der Waals surface area contributed by atoms with Crippen LogP contribution in [0, 0.1) is 5.92 Å². The second kappa shape index (κ2) is 4.93. The minimum absolute atomic E-state index is 0.226. The maximum absolute atomic E-state index is 6.11. The Balaban J connectivity index is 2.14. The van der Waals surface area contributed by atoms with E-state index in [9.17, 15) is 0 Å². The lowest BCUT2D eigenvalue weighted by Gasteiger charge is -2.36. The minimum Gasteiger partial charge on any atom is -0.370 e. The van der Waals surface area contributed by atoms with E-state index in [2.05, 4.69) is 56.9 Å². The Bertz CT molecular complexity index is 379. The lowest BCUT2D eigenvalue weighted by Crippen LogP contribution is -2.46. The van der Waals surface area contributed by atoms with Gasteiger partial charge >= 0.3 is 0 Å². The average Bonchev–Trinajstić information content (AvgIpc) is 2.27. The summed E-state index contributed by atoms with van der Waals surface area (Å²) >= 11 is 0. The van der Waals surface area contributed by atoms with Crippen molar-refractivity contribution < 1.29 is 0 Å². The molecule has 1 aromatic carbocycles. The fourth-order valence-electron chi connectivity index (χ4n) is 2.78. The maximum atomic E-state index is 6.11. The van der Waals surface area contributed by atoms with Crippen LogP contribution >= 0.6 is 0 Å². The topological polar surface area (TPSA) is 29.3 Å². The fraction of sp³-hybridized carbons (Fsp3) is 0.625. The predicted molar refractivity (Wildman–Crippen MR) is 79.1 cm³/mol. The molecular formula is C16H26N2. The normalized spacial score (nSPS) is 25.3. The van der Waals surface area contributed by atoms with E-state index in [1.54, 1.807) is 0 Å². The third kappa shape index (κ3) is 3.05. The smallest absolute Gasteiger partial charge is 0.0367 e. The van der Waals surface area contributed by atoms with Gasteiger partial charge in [-0.2, -0.15) is 0 Å². The van der Waals surface area contributed by atoms with Crippen LogP contribution in [-0.4, -0.2) is 19.1 Å². The van der Waals surface area contributed by atoms with E-state index in [0.29, 0.717) is 12.0 Å². The van der Waals surface area contributed by atoms with Crippen LogP contribution in [0.3, 0.4) is 0 Å². The Morgan fingerprint density at radius 3 is 2.22 bits per heavy atom. The van der Waals surface area contributed by atoms with Gasteiger partial charge in [0.1, 0.15) is 0 Å². The Labute approximate surface area is 111 Å². The van der Waals surface area contributed by atoms with E-state index >= 15 is 0 Å². The van der Waals surface area contributed by atoms with Crippen LogP contribution in [0.2, 0.25) is 0 Å². The molecular weight excluding hydrogens is 220 g/mol. The van der Waals surface area contributed by atoms with Crippen LogP contribution in [0.25, 0.3) is 0 Å². The zero-order valence-corrected chi connectivity index (χ0v) is 12.1. The van der Waals surface area contributed by atoms with Crippen LogP contribution in [0.5, 0.6) is 0 Å². The number of benzene rings is 1. The molecule has 0 bridgehead atoms. The van der Waals surface area contributed by atoms with Gasteiger partial charge < -0.3 is 10.6 Å². The quantitative estimate of drug-likeness (QED) is 0.824. The molecule has 2 atom stereocenters. The third-order valence-electron chi connectivity index (χ3n) is 3.79. The number of hydrogen-bond acceptors (Lipinski definition) is 2. The summed E-state index contributed by atoms with van der Waals surface area (Å²) < 4.78 is 0. The van der Waals surface area contributed by atoms with E-state index in [1.165, 1.54) is 11.3 Å². The molecule has 1 aromatic rings. The highest BCUT2D eigenvalue weighted by molar-refractivity contribution is 5.49. The van der Waals surface area contributed by atoms with Gasteiger partial charge in [-0.25, -0.2) is 0 Å². The molecule has 2 unspecified atom stereocenters. The zero-order chi connectivity index (χ0) is 13.3. The van der Waals surface area contributed by atoms with E-state index < -0.39 is 0 Å². The van der Waals surface area contributed by atoms with Gasteiger partial charge in [0.2, 0.25) is 0 Å². The van der Waals surface area contributed by atoms with Crippen molar-refractivity contribution in [1.29, 1.82) is 0 Å². The fourth-order valence-corrected chi connectivity index (χ4v) is 2.78. The first-order chi connectivity index (χ1) is 8.36. The van der Waals surface area contributed by atoms with Crippen molar-refractivity contribution >= 4 is 5.69 Å². The number of nitrogens with two attached hydrogens (primary N) is 1. The summed E-state index contributed by atoms with van der Waals surface area (Å²) in [6, 6.07) is 9.30. The molecule has 0 saturated carbocycles. The van der Waals surface area contributed by atoms with Crippen LogP contribution in [0.15, 0.2) is 24.3 Å². The van der Waals surface area contributed by atoms with Crippen molar-refractivity contribution in [3.05, 3.63) is 29.8 Å². The SMILES string of the molecule is CC1CC(N)CN(c2ccc(C(C)(C)C)cc2)C1. The molecule has 0 aromatic heterocycles. The van der Waals surface area contributed by atoms with E-state index in [0.717, 1.165) is 19.5 Å². The first-order valence-electron chi connectivity index (χ1n) is 6.97. The Hall–Kier alpha value is -1.02. The largest absolute Gasteiger partial charge is 0.370 e. The molecule has 1 heterocycles. The summed E-state index contributed by atoms with van der Waals surface area (Å²) in [5, 5.41) is 0. The van der Waals surface area contributed by atoms with Crippen molar-refractivity contribution in [2.45, 2.75) is 45.6 Å². The van der Waals surface area contributed by atoms with Gasteiger partial charge in [0.15, 0.2) is 0 Å². The van der Waals surface area contributed by atoms with Gasteiger partial charge in [0, 0.05) is 24.8 Å². The molecule has 0 amide bonds. The monoisotopic (exact) mass is 246 g/mol. The van der Waals surface area contributed by atoms with Crippen molar-refractivity contribution in [1.82, 2.24) is 0 Å². The van der Waals surface area contributed by atoms with E-state index in [4.69, 9.17) is 5.73 Å². The maximum Gasteiger partial charge on any atom is 0.0367 e. The standard InChI is InChI=1S/C16H26N2/c1-12-9-14(17)11-18(10-12)15-7-5-13(6-8-15)16(2,3)4/h5-8,12,14H,9-11,17H2,1-4H3. The van der Waals surface area contributed by atoms with Gasteiger partial charge in [-0.3, -0.25) is 0 Å². The van der Waals surface area contributed by atoms with E-state index in [1.807, 2.05) is 0 Å². The van der Waals surface area contributed by atoms with Gasteiger partial charge in [0.25, 0.3) is 0 Å². The highest BCUT2D eigenvalue weighted by Crippen LogP contribution is 2.27. The molecule has 1 aliphatic heterocycles. The van der Waals surface area contributed by atoms with Gasteiger partial charge in [0.05, 0.1) is 0 Å². The third-order valence-corrected chi connectivity index (χ3v) is 3.79. The molecule has 1 aliphatic rings. The number of piperidine rings is 1. The number of nitrogens with zero attached hydrogens (tertiary/aromatic N) is 1. The molecule has 100 valence electrons. The molecule has 1 saturated heterocycles. The molecule has 0 radical (unpaired) electrons. The molecule has 2 nitrogen and oxygen atoms in total. The summed E-state index contributed by atoms with van der Waals surface area (Å²) in [6.07, 6.45) is 1.15. The van der Waals surface area contributed by atoms with Crippen molar-refractivity contribution in [2.24, 2.45) is 11.7 Å². The van der Waals surface area contributed by atoms with Crippen molar-refractivity contribution in [2.75, 3.05) is 18.0 Å². The number of hydrogen-bond donors (Lipinski definition) is 1. The average molecular weight is 246 g/mol. The summed E-state index contributed by atoms with van der Waals surface area (Å²) in [7, 11) is 0. The van der Waals surface area contributed by atoms with Crippen molar-refractivity contribution in [3.8, 4) is 0 Å². The molecule has 0 spiro atoms. The van der Waals surface area contributed by atoms with Crippen LogP contribution in [-0.2, 0) is 5.41 Å². The van der Waals surface area contributed by atoms with Crippen LogP contribution < -0.4 is 10.6 Å². The molecule has 1 fully saturated rings. The molecule has 2 rings (SSSR count). The van der Waals surface area contributed by atoms with Gasteiger partial charge in [-0.1, -0.05) is 39.8 Å². The first-order valence-corrected chi connectivity index (χ1v) is 6.97. The van der Waals surface area contributed by atoms with Crippen molar-refractivity contribution in [3.63, 3.8) is 0 Å². The first kappa shape index (κ1) is 13.4. The highest BCUT2D eigenvalue weighted by Gasteiger charge is 2.22. The second-order valence-electron chi connectivity index (χ2n) is 6.80. The summed E-state index contributed by atoms with van der Waals surface area (Å²) in [4.78, 5) is 2.42. The molecule has 2 N–H and O–H groups in total. The zero-order valence-electron chi connectivity index (χ0n) is 12.1. The Morgan fingerprint density at radius 1 is 1.11 bits per heavy atom. The van der Waals surface area contributed by atoms with Crippen LogP contribution in [0.1, 0.15) is 39.7 Å². The molecule has 2 heteroatoms. The number of anilines is 1. The Kier molecular flexibility index (Phi) is 3.67. The molecule has 18 heavy (non-hydrogen) atoms. The van der Waals surface area contributed by atoms with Gasteiger partial charge in [-0.05, 0) is 35.4 Å². The lowest BCUT2D eigenvalue weighted by molar-refractivity contribution is 0.401.